The van der Waals surface area contributed by atoms with Gasteiger partial charge in [0.2, 0.25) is 0 Å². The third kappa shape index (κ3) is 2.96. The number of pyridine rings is 1. The van der Waals surface area contributed by atoms with Gasteiger partial charge in [-0.05, 0) is 37.3 Å². The highest BCUT2D eigenvalue weighted by Crippen LogP contribution is 2.53. The molecule has 6 rings (SSSR count). The molecule has 3 aromatic rings. The largest absolute Gasteiger partial charge is 0.355 e. The topological polar surface area (TPSA) is 93.8 Å². The maximum absolute atomic E-state index is 12.6. The molecule has 9 heteroatoms. The monoisotopic (exact) mass is 404 g/mol. The van der Waals surface area contributed by atoms with Gasteiger partial charge in [0, 0.05) is 37.4 Å². The van der Waals surface area contributed by atoms with Gasteiger partial charge in [-0.15, -0.1) is 5.10 Å². The summed E-state index contributed by atoms with van der Waals surface area (Å²) in [5.74, 6) is 0.824. The normalized spacial score (nSPS) is 20.8. The third-order valence-corrected chi connectivity index (χ3v) is 6.66. The number of fused-ring (bicyclic) bond motifs is 1. The number of amides is 1. The lowest BCUT2D eigenvalue weighted by molar-refractivity contribution is 0.0931. The maximum atomic E-state index is 12.6. The van der Waals surface area contributed by atoms with Crippen LogP contribution in [0.2, 0.25) is 0 Å². The highest BCUT2D eigenvalue weighted by Gasteiger charge is 2.52. The van der Waals surface area contributed by atoms with E-state index < -0.39 is 0 Å². The van der Waals surface area contributed by atoms with Crippen LogP contribution in [0, 0.1) is 5.41 Å². The first kappa shape index (κ1) is 17.6. The molecule has 1 saturated carbocycles. The second-order valence-electron chi connectivity index (χ2n) is 8.93. The Morgan fingerprint density at radius 2 is 2.13 bits per heavy atom. The molecule has 0 aromatic carbocycles. The Kier molecular flexibility index (Phi) is 3.75. The van der Waals surface area contributed by atoms with E-state index in [0.29, 0.717) is 17.7 Å². The molecule has 30 heavy (non-hydrogen) atoms. The molecule has 0 radical (unpaired) electrons. The van der Waals surface area contributed by atoms with Crippen LogP contribution in [0.5, 0.6) is 0 Å². The Labute approximate surface area is 174 Å². The van der Waals surface area contributed by atoms with Gasteiger partial charge in [0.15, 0.2) is 5.69 Å². The molecule has 1 atom stereocenters. The summed E-state index contributed by atoms with van der Waals surface area (Å²) in [6.45, 7) is 2.81. The van der Waals surface area contributed by atoms with Crippen LogP contribution < -0.4 is 10.2 Å². The number of anilines is 1. The first-order valence-electron chi connectivity index (χ1n) is 10.5. The van der Waals surface area contributed by atoms with Gasteiger partial charge >= 0.3 is 0 Å². The number of nitrogens with one attached hydrogen (secondary N) is 1. The van der Waals surface area contributed by atoms with Crippen LogP contribution in [0.3, 0.4) is 0 Å². The number of hydrogen-bond acceptors (Lipinski definition) is 6. The summed E-state index contributed by atoms with van der Waals surface area (Å²) in [6.07, 6.45) is 9.89. The van der Waals surface area contributed by atoms with E-state index in [1.54, 1.807) is 17.2 Å². The third-order valence-electron chi connectivity index (χ3n) is 6.66. The lowest BCUT2D eigenvalue weighted by atomic mass is 9.97. The van der Waals surface area contributed by atoms with E-state index in [1.165, 1.54) is 18.5 Å². The maximum Gasteiger partial charge on any atom is 0.274 e. The number of aryl methyl sites for hydroxylation is 1. The van der Waals surface area contributed by atoms with E-state index in [1.807, 2.05) is 17.8 Å². The summed E-state index contributed by atoms with van der Waals surface area (Å²) in [4.78, 5) is 24.0. The molecule has 154 valence electrons. The average Bonchev–Trinajstić information content (AvgIpc) is 3.03. The van der Waals surface area contributed by atoms with Gasteiger partial charge in [-0.2, -0.15) is 0 Å². The summed E-state index contributed by atoms with van der Waals surface area (Å²) in [7, 11) is 1.98. The fourth-order valence-electron chi connectivity index (χ4n) is 4.64. The summed E-state index contributed by atoms with van der Waals surface area (Å²) in [5.41, 5.74) is 4.12. The van der Waals surface area contributed by atoms with Crippen molar-refractivity contribution in [3.05, 3.63) is 53.5 Å². The predicted molar refractivity (Wildman–Crippen MR) is 109 cm³/mol. The van der Waals surface area contributed by atoms with Crippen molar-refractivity contribution in [1.82, 2.24) is 34.8 Å². The van der Waals surface area contributed by atoms with Crippen LogP contribution in [0.4, 0.5) is 5.82 Å². The summed E-state index contributed by atoms with van der Waals surface area (Å²) >= 11 is 0. The van der Waals surface area contributed by atoms with Crippen molar-refractivity contribution in [2.45, 2.75) is 38.3 Å². The van der Waals surface area contributed by atoms with Crippen LogP contribution in [0.15, 0.2) is 30.9 Å². The van der Waals surface area contributed by atoms with Gasteiger partial charge in [-0.1, -0.05) is 11.3 Å². The van der Waals surface area contributed by atoms with E-state index in [9.17, 15) is 4.79 Å². The number of carbonyl (C=O) groups excluding carboxylic acids is 1. The highest BCUT2D eigenvalue weighted by atomic mass is 16.2. The highest BCUT2D eigenvalue weighted by molar-refractivity contribution is 5.92. The van der Waals surface area contributed by atoms with Crippen LogP contribution in [0.25, 0.3) is 0 Å². The zero-order valence-corrected chi connectivity index (χ0v) is 17.0. The molecule has 1 amide bonds. The minimum atomic E-state index is -0.218. The molecule has 4 heterocycles. The molecule has 2 fully saturated rings. The molecule has 1 N–H and O–H groups in total. The molecule has 9 nitrogen and oxygen atoms in total. The molecule has 1 aliphatic heterocycles. The van der Waals surface area contributed by atoms with E-state index in [-0.39, 0.29) is 11.9 Å². The van der Waals surface area contributed by atoms with Crippen molar-refractivity contribution >= 4 is 11.7 Å². The van der Waals surface area contributed by atoms with Gasteiger partial charge in [0.25, 0.3) is 5.91 Å². The Hall–Kier alpha value is -3.23. The smallest absolute Gasteiger partial charge is 0.274 e. The summed E-state index contributed by atoms with van der Waals surface area (Å²) in [6, 6.07) is 4.08. The van der Waals surface area contributed by atoms with Crippen LogP contribution in [-0.4, -0.2) is 48.5 Å². The van der Waals surface area contributed by atoms with Crippen LogP contribution >= 0.6 is 0 Å². The van der Waals surface area contributed by atoms with Crippen molar-refractivity contribution in [3.63, 3.8) is 0 Å². The lowest BCUT2D eigenvalue weighted by Gasteiger charge is -2.40. The quantitative estimate of drug-likeness (QED) is 0.692. The Morgan fingerprint density at radius 3 is 2.90 bits per heavy atom. The molecule has 2 aliphatic carbocycles. The van der Waals surface area contributed by atoms with Gasteiger partial charge in [0.1, 0.15) is 5.82 Å². The Bertz CT molecular complexity index is 1100. The lowest BCUT2D eigenvalue weighted by Crippen LogP contribution is -2.48. The van der Waals surface area contributed by atoms with E-state index >= 15 is 0 Å². The first-order chi connectivity index (χ1) is 14.6. The van der Waals surface area contributed by atoms with E-state index in [2.05, 4.69) is 42.6 Å². The molecule has 0 unspecified atom stereocenters. The van der Waals surface area contributed by atoms with Crippen LogP contribution in [0.1, 0.15) is 52.7 Å². The number of rotatable bonds is 5. The number of carbonyl (C=O) groups is 1. The minimum absolute atomic E-state index is 0.0631. The number of aromatic nitrogens is 6. The zero-order valence-electron chi connectivity index (χ0n) is 17.0. The molecule has 3 aromatic heterocycles. The van der Waals surface area contributed by atoms with Crippen molar-refractivity contribution in [2.24, 2.45) is 12.5 Å². The Morgan fingerprint density at radius 1 is 1.27 bits per heavy atom. The standard InChI is InChI=1S/C21H24N8O/c1-27-13-23-19-15(3-4-17(19)27)24-20(30)16-10-29(26-25-16)9-14-2-5-18(22-8-14)28-11-21(12-28)6-7-21/h2,5,8,10,13,15H,3-4,6-7,9,11-12H2,1H3,(H,24,30)/t15-/m1/s1. The molecule has 0 bridgehead atoms. The number of hydrogen-bond donors (Lipinski definition) is 1. The van der Waals surface area contributed by atoms with E-state index in [4.69, 9.17) is 0 Å². The van der Waals surface area contributed by atoms with Crippen molar-refractivity contribution in [3.8, 4) is 0 Å². The summed E-state index contributed by atoms with van der Waals surface area (Å²) in [5, 5.41) is 11.2. The fraction of sp³-hybridized carbons (Fsp3) is 0.476. The molecule has 3 aliphatic rings. The minimum Gasteiger partial charge on any atom is -0.355 e. The molecule has 1 spiro atoms. The van der Waals surface area contributed by atoms with Gasteiger partial charge in [-0.25, -0.2) is 14.6 Å². The Balaban J connectivity index is 1.08. The van der Waals surface area contributed by atoms with Crippen LogP contribution in [-0.2, 0) is 20.0 Å². The fourth-order valence-corrected chi connectivity index (χ4v) is 4.64. The zero-order chi connectivity index (χ0) is 20.3. The van der Waals surface area contributed by atoms with E-state index in [0.717, 1.165) is 43.0 Å². The van der Waals surface area contributed by atoms with Gasteiger partial charge in [-0.3, -0.25) is 4.79 Å². The summed E-state index contributed by atoms with van der Waals surface area (Å²) < 4.78 is 3.69. The molecule has 1 saturated heterocycles. The second-order valence-corrected chi connectivity index (χ2v) is 8.93. The van der Waals surface area contributed by atoms with Gasteiger partial charge in [0.05, 0.1) is 30.8 Å². The van der Waals surface area contributed by atoms with Crippen molar-refractivity contribution in [2.75, 3.05) is 18.0 Å². The average molecular weight is 404 g/mol. The molecular weight excluding hydrogens is 380 g/mol. The predicted octanol–water partition coefficient (Wildman–Crippen LogP) is 1.47. The second kappa shape index (κ2) is 6.38. The van der Waals surface area contributed by atoms with Gasteiger partial charge < -0.3 is 14.8 Å². The molecular formula is C21H24N8O. The van der Waals surface area contributed by atoms with Crippen molar-refractivity contribution < 1.29 is 4.79 Å². The first-order valence-corrected chi connectivity index (χ1v) is 10.5. The SMILES string of the molecule is Cn1cnc2c1CC[C@H]2NC(=O)c1cn(Cc2ccc(N3CC4(CC4)C3)nc2)nn1. The van der Waals surface area contributed by atoms with Crippen molar-refractivity contribution in [1.29, 1.82) is 0 Å². The number of imidazole rings is 1. The number of nitrogens with zero attached hydrogens (tertiary/aromatic N) is 7.